The Morgan fingerprint density at radius 2 is 1.82 bits per heavy atom. The number of aliphatic hydroxyl groups excluding tert-OH is 1. The molecule has 1 aliphatic heterocycles. The minimum absolute atomic E-state index is 0.133. The van der Waals surface area contributed by atoms with Gasteiger partial charge in [0.1, 0.15) is 5.76 Å². The smallest absolute Gasteiger partial charge is 0.163 e. The van der Waals surface area contributed by atoms with Gasteiger partial charge in [0.2, 0.25) is 0 Å². The van der Waals surface area contributed by atoms with Crippen LogP contribution in [-0.2, 0) is 9.53 Å². The first-order valence-corrected chi connectivity index (χ1v) is 10.0. The first-order chi connectivity index (χ1) is 13.2. The fourth-order valence-corrected chi connectivity index (χ4v) is 4.06. The Morgan fingerprint density at radius 3 is 2.39 bits per heavy atom. The SMILES string of the molecule is CC(=O)/C(=C(/O)C1(C)CCCOC1)c1cc(C)c(-c2ccc(Cl)cc2)cc1C. The largest absolute Gasteiger partial charge is 0.511 e. The average molecular weight is 399 g/mol. The van der Waals surface area contributed by atoms with Crippen molar-refractivity contribution in [1.82, 2.24) is 0 Å². The van der Waals surface area contributed by atoms with Gasteiger partial charge in [0.15, 0.2) is 5.78 Å². The van der Waals surface area contributed by atoms with E-state index in [-0.39, 0.29) is 11.5 Å². The summed E-state index contributed by atoms with van der Waals surface area (Å²) in [5.74, 6) is 0.00693. The standard InChI is InChI=1S/C24H27ClO3/c1-15-13-21(16(2)12-20(15)18-6-8-19(25)9-7-18)22(17(3)26)23(27)24(4)10-5-11-28-14-24/h6-9,12-13,27H,5,10-11,14H2,1-4H3/b23-22-. The zero-order valence-corrected chi connectivity index (χ0v) is 17.7. The maximum atomic E-state index is 12.6. The quantitative estimate of drug-likeness (QED) is 0.485. The highest BCUT2D eigenvalue weighted by molar-refractivity contribution is 6.30. The molecule has 0 spiro atoms. The van der Waals surface area contributed by atoms with Gasteiger partial charge in [0.05, 0.1) is 12.2 Å². The van der Waals surface area contributed by atoms with E-state index in [1.165, 1.54) is 6.92 Å². The second-order valence-corrected chi connectivity index (χ2v) is 8.42. The summed E-state index contributed by atoms with van der Waals surface area (Å²) in [4.78, 5) is 12.6. The third kappa shape index (κ3) is 4.01. The molecule has 0 saturated carbocycles. The number of halogens is 1. The number of rotatable bonds is 4. The number of ketones is 1. The lowest BCUT2D eigenvalue weighted by Gasteiger charge is -2.34. The number of allylic oxidation sites excluding steroid dienone is 1. The third-order valence-electron chi connectivity index (χ3n) is 5.59. The van der Waals surface area contributed by atoms with E-state index in [1.54, 1.807) is 0 Å². The van der Waals surface area contributed by atoms with Crippen LogP contribution in [0.15, 0.2) is 42.2 Å². The predicted octanol–water partition coefficient (Wildman–Crippen LogP) is 6.30. The summed E-state index contributed by atoms with van der Waals surface area (Å²) in [7, 11) is 0. The molecule has 28 heavy (non-hydrogen) atoms. The number of Topliss-reactive ketones (excluding diaryl/α,β-unsaturated/α-hetero) is 1. The highest BCUT2D eigenvalue weighted by Crippen LogP contribution is 2.40. The maximum Gasteiger partial charge on any atom is 0.163 e. The number of ether oxygens (including phenoxy) is 1. The van der Waals surface area contributed by atoms with Crippen LogP contribution >= 0.6 is 11.6 Å². The fourth-order valence-electron chi connectivity index (χ4n) is 3.93. The molecule has 0 bridgehead atoms. The van der Waals surface area contributed by atoms with E-state index in [0.29, 0.717) is 23.8 Å². The molecule has 0 radical (unpaired) electrons. The van der Waals surface area contributed by atoms with Gasteiger partial charge in [-0.1, -0.05) is 42.8 Å². The number of benzene rings is 2. The summed E-state index contributed by atoms with van der Waals surface area (Å²) in [6.45, 7) is 8.61. The minimum atomic E-state index is -0.533. The van der Waals surface area contributed by atoms with Crippen molar-refractivity contribution >= 4 is 23.0 Å². The number of hydrogen-bond acceptors (Lipinski definition) is 3. The van der Waals surface area contributed by atoms with E-state index in [4.69, 9.17) is 16.3 Å². The normalized spacial score (nSPS) is 20.6. The molecule has 1 atom stereocenters. The van der Waals surface area contributed by atoms with Gasteiger partial charge in [-0.2, -0.15) is 0 Å². The Labute approximate surface area is 172 Å². The van der Waals surface area contributed by atoms with Crippen molar-refractivity contribution in [3.8, 4) is 11.1 Å². The van der Waals surface area contributed by atoms with Crippen LogP contribution < -0.4 is 0 Å². The van der Waals surface area contributed by atoms with Crippen molar-refractivity contribution in [2.24, 2.45) is 5.41 Å². The van der Waals surface area contributed by atoms with Crippen LogP contribution in [0.5, 0.6) is 0 Å². The van der Waals surface area contributed by atoms with E-state index in [0.717, 1.165) is 40.7 Å². The predicted molar refractivity (Wildman–Crippen MR) is 115 cm³/mol. The Bertz CT molecular complexity index is 920. The zero-order valence-electron chi connectivity index (χ0n) is 16.9. The van der Waals surface area contributed by atoms with E-state index in [9.17, 15) is 9.90 Å². The summed E-state index contributed by atoms with van der Waals surface area (Å²) >= 11 is 6.01. The molecule has 1 unspecified atom stereocenters. The van der Waals surface area contributed by atoms with Gasteiger partial charge in [-0.25, -0.2) is 0 Å². The molecule has 2 aromatic rings. The van der Waals surface area contributed by atoms with Gasteiger partial charge >= 0.3 is 0 Å². The monoisotopic (exact) mass is 398 g/mol. The van der Waals surface area contributed by atoms with Gasteiger partial charge < -0.3 is 9.84 Å². The average Bonchev–Trinajstić information content (AvgIpc) is 2.65. The van der Waals surface area contributed by atoms with E-state index < -0.39 is 5.41 Å². The maximum absolute atomic E-state index is 12.6. The minimum Gasteiger partial charge on any atom is -0.511 e. The molecule has 3 rings (SSSR count). The van der Waals surface area contributed by atoms with Crippen LogP contribution in [0.3, 0.4) is 0 Å². The van der Waals surface area contributed by atoms with Gasteiger partial charge in [-0.05, 0) is 73.6 Å². The van der Waals surface area contributed by atoms with Gasteiger partial charge in [-0.3, -0.25) is 4.79 Å². The molecule has 1 heterocycles. The van der Waals surface area contributed by atoms with Crippen molar-refractivity contribution in [1.29, 1.82) is 0 Å². The van der Waals surface area contributed by atoms with Crippen LogP contribution in [0.1, 0.15) is 43.4 Å². The summed E-state index contributed by atoms with van der Waals surface area (Å²) in [5.41, 5.74) is 4.80. The van der Waals surface area contributed by atoms with Crippen molar-refractivity contribution in [2.45, 2.75) is 40.5 Å². The number of aryl methyl sites for hydroxylation is 2. The molecule has 1 N–H and O–H groups in total. The molecular formula is C24H27ClO3. The van der Waals surface area contributed by atoms with Gasteiger partial charge in [0, 0.05) is 17.0 Å². The summed E-state index contributed by atoms with van der Waals surface area (Å²) in [6, 6.07) is 11.8. The van der Waals surface area contributed by atoms with Crippen molar-refractivity contribution < 1.29 is 14.6 Å². The van der Waals surface area contributed by atoms with Crippen LogP contribution in [-0.4, -0.2) is 24.1 Å². The van der Waals surface area contributed by atoms with Crippen molar-refractivity contribution in [2.75, 3.05) is 13.2 Å². The highest BCUT2D eigenvalue weighted by Gasteiger charge is 2.35. The molecular weight excluding hydrogens is 372 g/mol. The fraction of sp³-hybridized carbons (Fsp3) is 0.375. The lowest BCUT2D eigenvalue weighted by Crippen LogP contribution is -2.32. The number of carbonyl (C=O) groups excluding carboxylic acids is 1. The molecule has 3 nitrogen and oxygen atoms in total. The van der Waals surface area contributed by atoms with Crippen LogP contribution in [0.25, 0.3) is 16.7 Å². The van der Waals surface area contributed by atoms with Crippen molar-refractivity contribution in [3.05, 3.63) is 63.9 Å². The topological polar surface area (TPSA) is 46.5 Å². The van der Waals surface area contributed by atoms with Crippen molar-refractivity contribution in [3.63, 3.8) is 0 Å². The van der Waals surface area contributed by atoms with E-state index in [2.05, 4.69) is 6.07 Å². The van der Waals surface area contributed by atoms with E-state index in [1.807, 2.05) is 51.1 Å². The van der Waals surface area contributed by atoms with Crippen LogP contribution in [0, 0.1) is 19.3 Å². The summed E-state index contributed by atoms with van der Waals surface area (Å²) < 4.78 is 5.60. The summed E-state index contributed by atoms with van der Waals surface area (Å²) in [6.07, 6.45) is 1.68. The Kier molecular flexibility index (Phi) is 5.97. The van der Waals surface area contributed by atoms with Crippen LogP contribution in [0.2, 0.25) is 5.02 Å². The molecule has 1 aliphatic rings. The third-order valence-corrected chi connectivity index (χ3v) is 5.85. The lowest BCUT2D eigenvalue weighted by atomic mass is 9.78. The molecule has 2 aromatic carbocycles. The highest BCUT2D eigenvalue weighted by atomic mass is 35.5. The molecule has 0 aliphatic carbocycles. The first kappa shape index (κ1) is 20.6. The molecule has 1 fully saturated rings. The Hall–Kier alpha value is -2.10. The number of hydrogen-bond donors (Lipinski definition) is 1. The number of aliphatic hydroxyl groups is 1. The van der Waals surface area contributed by atoms with Gasteiger partial charge in [0.25, 0.3) is 0 Å². The molecule has 0 amide bonds. The Morgan fingerprint density at radius 1 is 1.14 bits per heavy atom. The van der Waals surface area contributed by atoms with Crippen LogP contribution in [0.4, 0.5) is 0 Å². The van der Waals surface area contributed by atoms with Gasteiger partial charge in [-0.15, -0.1) is 0 Å². The molecule has 1 saturated heterocycles. The molecule has 4 heteroatoms. The van der Waals surface area contributed by atoms with E-state index >= 15 is 0 Å². The second kappa shape index (κ2) is 8.10. The molecule has 148 valence electrons. The lowest BCUT2D eigenvalue weighted by molar-refractivity contribution is -0.112. The Balaban J connectivity index is 2.12. The zero-order chi connectivity index (χ0) is 20.5. The molecule has 0 aromatic heterocycles. The number of carbonyl (C=O) groups is 1. The summed E-state index contributed by atoms with van der Waals surface area (Å²) in [5, 5.41) is 11.8. The first-order valence-electron chi connectivity index (χ1n) is 9.63. The second-order valence-electron chi connectivity index (χ2n) is 7.99.